The molecule has 24 heavy (non-hydrogen) atoms. The maximum absolute atomic E-state index is 14.1. The first-order valence-electron chi connectivity index (χ1n) is 7.65. The summed E-state index contributed by atoms with van der Waals surface area (Å²) in [5.41, 5.74) is -0.277. The molecular formula is C14H22FN3O4S2. The zero-order valence-corrected chi connectivity index (χ0v) is 15.3. The standard InChI is InChI=1S/C14H22FN3O4S2/c1-3-8-18(11-6-7-16-10-11)24(21,22)12-4-5-14(13(15)9-12)17-23(2,19)20/h4-5,9,11,16-17H,3,6-8,10H2,1-2H3. The molecule has 0 saturated carbocycles. The lowest BCUT2D eigenvalue weighted by atomic mass is 10.2. The van der Waals surface area contributed by atoms with E-state index in [0.29, 0.717) is 25.9 Å². The molecule has 1 saturated heterocycles. The fourth-order valence-electron chi connectivity index (χ4n) is 2.68. The third-order valence-electron chi connectivity index (χ3n) is 3.73. The Labute approximate surface area is 142 Å². The van der Waals surface area contributed by atoms with Crippen molar-refractivity contribution < 1.29 is 21.2 Å². The molecule has 1 heterocycles. The van der Waals surface area contributed by atoms with E-state index >= 15 is 0 Å². The SMILES string of the molecule is CCCN(C1CCNC1)S(=O)(=O)c1ccc(NS(C)(=O)=O)c(F)c1. The molecule has 0 spiro atoms. The smallest absolute Gasteiger partial charge is 0.243 e. The van der Waals surface area contributed by atoms with Gasteiger partial charge in [-0.1, -0.05) is 6.92 Å². The summed E-state index contributed by atoms with van der Waals surface area (Å²) < 4.78 is 65.6. The number of hydrogen-bond acceptors (Lipinski definition) is 5. The van der Waals surface area contributed by atoms with E-state index in [1.165, 1.54) is 10.4 Å². The minimum atomic E-state index is -3.85. The van der Waals surface area contributed by atoms with Gasteiger partial charge in [0.25, 0.3) is 0 Å². The fraction of sp³-hybridized carbons (Fsp3) is 0.571. The summed E-state index contributed by atoms with van der Waals surface area (Å²) >= 11 is 0. The lowest BCUT2D eigenvalue weighted by Crippen LogP contribution is -2.42. The number of benzene rings is 1. The van der Waals surface area contributed by atoms with E-state index in [2.05, 4.69) is 5.32 Å². The van der Waals surface area contributed by atoms with Crippen LogP contribution in [-0.4, -0.2) is 53.1 Å². The number of hydrogen-bond donors (Lipinski definition) is 2. The molecular weight excluding hydrogens is 357 g/mol. The van der Waals surface area contributed by atoms with Crippen LogP contribution >= 0.6 is 0 Å². The Morgan fingerprint density at radius 3 is 2.54 bits per heavy atom. The van der Waals surface area contributed by atoms with Gasteiger partial charge in [0.05, 0.1) is 16.8 Å². The number of sulfonamides is 2. The van der Waals surface area contributed by atoms with Crippen LogP contribution in [0, 0.1) is 5.82 Å². The number of nitrogens with one attached hydrogen (secondary N) is 2. The minimum Gasteiger partial charge on any atom is -0.315 e. The van der Waals surface area contributed by atoms with Crippen molar-refractivity contribution >= 4 is 25.7 Å². The van der Waals surface area contributed by atoms with Gasteiger partial charge in [0.2, 0.25) is 20.0 Å². The van der Waals surface area contributed by atoms with Crippen LogP contribution < -0.4 is 10.0 Å². The Hall–Kier alpha value is -1.23. The van der Waals surface area contributed by atoms with E-state index in [1.54, 1.807) is 0 Å². The molecule has 2 N–H and O–H groups in total. The van der Waals surface area contributed by atoms with Crippen LogP contribution in [0.1, 0.15) is 19.8 Å². The fourth-order valence-corrected chi connectivity index (χ4v) is 5.00. The van der Waals surface area contributed by atoms with E-state index in [1.807, 2.05) is 11.6 Å². The minimum absolute atomic E-state index is 0.160. The lowest BCUT2D eigenvalue weighted by Gasteiger charge is -2.27. The number of halogens is 1. The van der Waals surface area contributed by atoms with E-state index in [0.717, 1.165) is 24.9 Å². The summed E-state index contributed by atoms with van der Waals surface area (Å²) in [5, 5.41) is 3.12. The van der Waals surface area contributed by atoms with Crippen LogP contribution in [0.3, 0.4) is 0 Å². The second-order valence-electron chi connectivity index (χ2n) is 5.78. The van der Waals surface area contributed by atoms with Gasteiger partial charge >= 0.3 is 0 Å². The average molecular weight is 379 g/mol. The van der Waals surface area contributed by atoms with Crippen LogP contribution in [0.4, 0.5) is 10.1 Å². The third-order valence-corrected chi connectivity index (χ3v) is 6.27. The van der Waals surface area contributed by atoms with Gasteiger partial charge < -0.3 is 5.32 Å². The predicted molar refractivity (Wildman–Crippen MR) is 90.3 cm³/mol. The van der Waals surface area contributed by atoms with E-state index in [4.69, 9.17) is 0 Å². The Morgan fingerprint density at radius 1 is 1.33 bits per heavy atom. The van der Waals surface area contributed by atoms with Gasteiger partial charge in [-0.3, -0.25) is 4.72 Å². The molecule has 7 nitrogen and oxygen atoms in total. The second kappa shape index (κ2) is 7.34. The van der Waals surface area contributed by atoms with Crippen molar-refractivity contribution in [3.05, 3.63) is 24.0 Å². The third kappa shape index (κ3) is 4.44. The first-order valence-corrected chi connectivity index (χ1v) is 11.0. The number of rotatable bonds is 7. The van der Waals surface area contributed by atoms with E-state index < -0.39 is 25.9 Å². The molecule has 0 radical (unpaired) electrons. The van der Waals surface area contributed by atoms with Crippen LogP contribution in [0.25, 0.3) is 0 Å². The quantitative estimate of drug-likeness (QED) is 0.736. The summed E-state index contributed by atoms with van der Waals surface area (Å²) in [6.07, 6.45) is 2.24. The van der Waals surface area contributed by atoms with Gasteiger partial charge in [-0.05, 0) is 37.6 Å². The zero-order valence-electron chi connectivity index (χ0n) is 13.6. The molecule has 0 aliphatic carbocycles. The highest BCUT2D eigenvalue weighted by Crippen LogP contribution is 2.25. The van der Waals surface area contributed by atoms with Crippen LogP contribution in [0.15, 0.2) is 23.1 Å². The Bertz CT molecular complexity index is 790. The van der Waals surface area contributed by atoms with E-state index in [-0.39, 0.29) is 16.6 Å². The monoisotopic (exact) mass is 379 g/mol. The van der Waals surface area contributed by atoms with Crippen molar-refractivity contribution in [2.75, 3.05) is 30.6 Å². The van der Waals surface area contributed by atoms with Crippen molar-refractivity contribution in [2.45, 2.75) is 30.7 Å². The van der Waals surface area contributed by atoms with Crippen LogP contribution in [-0.2, 0) is 20.0 Å². The molecule has 1 aliphatic rings. The highest BCUT2D eigenvalue weighted by Gasteiger charge is 2.33. The average Bonchev–Trinajstić information content (AvgIpc) is 2.99. The normalized spacial score (nSPS) is 18.9. The van der Waals surface area contributed by atoms with Gasteiger partial charge in [-0.2, -0.15) is 4.31 Å². The molecule has 1 fully saturated rings. The topological polar surface area (TPSA) is 95.6 Å². The molecule has 2 rings (SSSR count). The first kappa shape index (κ1) is 19.1. The zero-order chi connectivity index (χ0) is 18.0. The van der Waals surface area contributed by atoms with Crippen LogP contribution in [0.5, 0.6) is 0 Å². The maximum atomic E-state index is 14.1. The van der Waals surface area contributed by atoms with Gasteiger partial charge in [0.15, 0.2) is 0 Å². The van der Waals surface area contributed by atoms with Crippen molar-refractivity contribution in [1.29, 1.82) is 0 Å². The first-order chi connectivity index (χ1) is 11.1. The molecule has 1 unspecified atom stereocenters. The molecule has 1 aromatic carbocycles. The summed E-state index contributed by atoms with van der Waals surface area (Å²) in [6, 6.07) is 3.04. The van der Waals surface area contributed by atoms with Gasteiger partial charge in [0, 0.05) is 19.1 Å². The highest BCUT2D eigenvalue weighted by atomic mass is 32.2. The van der Waals surface area contributed by atoms with Gasteiger partial charge in [-0.25, -0.2) is 21.2 Å². The van der Waals surface area contributed by atoms with E-state index in [9.17, 15) is 21.2 Å². The molecule has 1 atom stereocenters. The molecule has 0 bridgehead atoms. The largest absolute Gasteiger partial charge is 0.315 e. The molecule has 1 aliphatic heterocycles. The Balaban J connectivity index is 2.35. The number of nitrogens with zero attached hydrogens (tertiary/aromatic N) is 1. The molecule has 0 amide bonds. The second-order valence-corrected chi connectivity index (χ2v) is 9.42. The maximum Gasteiger partial charge on any atom is 0.243 e. The van der Waals surface area contributed by atoms with Gasteiger partial charge in [-0.15, -0.1) is 0 Å². The Morgan fingerprint density at radius 2 is 2.04 bits per heavy atom. The molecule has 136 valence electrons. The molecule has 0 aromatic heterocycles. The predicted octanol–water partition coefficient (Wildman–Crippen LogP) is 0.960. The van der Waals surface area contributed by atoms with Crippen molar-refractivity contribution in [2.24, 2.45) is 0 Å². The van der Waals surface area contributed by atoms with Crippen molar-refractivity contribution in [3.63, 3.8) is 0 Å². The van der Waals surface area contributed by atoms with Crippen molar-refractivity contribution in [3.8, 4) is 0 Å². The molecule has 1 aromatic rings. The van der Waals surface area contributed by atoms with Crippen LogP contribution in [0.2, 0.25) is 0 Å². The summed E-state index contributed by atoms with van der Waals surface area (Å²) in [4.78, 5) is -0.181. The summed E-state index contributed by atoms with van der Waals surface area (Å²) in [6.45, 7) is 3.53. The Kier molecular flexibility index (Phi) is 5.84. The lowest BCUT2D eigenvalue weighted by molar-refractivity contribution is 0.335. The van der Waals surface area contributed by atoms with Gasteiger partial charge in [0.1, 0.15) is 5.82 Å². The summed E-state index contributed by atoms with van der Waals surface area (Å²) in [5.74, 6) is -0.928. The summed E-state index contributed by atoms with van der Waals surface area (Å²) in [7, 11) is -7.50. The molecule has 10 heteroatoms. The highest BCUT2D eigenvalue weighted by molar-refractivity contribution is 7.92. The van der Waals surface area contributed by atoms with Crippen molar-refractivity contribution in [1.82, 2.24) is 9.62 Å². The number of anilines is 1.